The molecule has 0 atom stereocenters. The number of ether oxygens (including phenoxy) is 1. The minimum absolute atomic E-state index is 0.274. The third-order valence-electron chi connectivity index (χ3n) is 1.87. The predicted molar refractivity (Wildman–Crippen MR) is 51.9 cm³/mol. The first kappa shape index (κ1) is 10.2. The Hall–Kier alpha value is -1.89. The van der Waals surface area contributed by atoms with E-state index < -0.39 is 0 Å². The summed E-state index contributed by atoms with van der Waals surface area (Å²) in [5, 5.41) is 16.6. The van der Waals surface area contributed by atoms with Gasteiger partial charge in [-0.25, -0.2) is 0 Å². The fraction of sp³-hybridized carbons (Fsp3) is 0.300. The minimum Gasteiger partial charge on any atom is -0.471 e. The first-order chi connectivity index (χ1) is 6.70. The van der Waals surface area contributed by atoms with E-state index in [0.29, 0.717) is 12.2 Å². The number of hydrogen-bond donors (Lipinski definition) is 0. The molecule has 1 aromatic rings. The van der Waals surface area contributed by atoms with E-state index in [4.69, 9.17) is 10.00 Å². The van der Waals surface area contributed by atoms with Crippen LogP contribution >= 0.6 is 0 Å². The highest BCUT2D eigenvalue weighted by Crippen LogP contribution is 2.18. The fourth-order valence-corrected chi connectivity index (χ4v) is 0.957. The number of aromatic nitrogens is 2. The molecule has 0 bridgehead atoms. The first-order valence-electron chi connectivity index (χ1n) is 4.18. The summed E-state index contributed by atoms with van der Waals surface area (Å²) in [7, 11) is 0. The van der Waals surface area contributed by atoms with Crippen molar-refractivity contribution in [2.45, 2.75) is 13.8 Å². The fourth-order valence-electron chi connectivity index (χ4n) is 0.957. The van der Waals surface area contributed by atoms with Crippen LogP contribution in [0, 0.1) is 25.2 Å². The Morgan fingerprint density at radius 1 is 1.50 bits per heavy atom. The second kappa shape index (κ2) is 4.38. The van der Waals surface area contributed by atoms with Crippen LogP contribution in [0.15, 0.2) is 12.7 Å². The van der Waals surface area contributed by atoms with Gasteiger partial charge in [0.1, 0.15) is 18.2 Å². The highest BCUT2D eigenvalue weighted by atomic mass is 16.5. The molecule has 0 fully saturated rings. The SMILES string of the molecule is C=CCOc1nnc(C)c(C)c1C#N. The Kier molecular flexibility index (Phi) is 3.19. The van der Waals surface area contributed by atoms with E-state index in [1.165, 1.54) is 0 Å². The standard InChI is InChI=1S/C10H11N3O/c1-4-5-14-10-9(6-11)7(2)8(3)12-13-10/h4H,1,5H2,2-3H3. The minimum atomic E-state index is 0.274. The van der Waals surface area contributed by atoms with Gasteiger partial charge in [0, 0.05) is 0 Å². The molecule has 1 aromatic heterocycles. The van der Waals surface area contributed by atoms with Crippen molar-refractivity contribution >= 4 is 0 Å². The van der Waals surface area contributed by atoms with Crippen molar-refractivity contribution < 1.29 is 4.74 Å². The Balaban J connectivity index is 3.12. The molecule has 0 saturated heterocycles. The van der Waals surface area contributed by atoms with Crippen molar-refractivity contribution in [3.8, 4) is 11.9 Å². The molecule has 0 aliphatic carbocycles. The monoisotopic (exact) mass is 189 g/mol. The summed E-state index contributed by atoms with van der Waals surface area (Å²) in [6, 6.07) is 2.05. The molecule has 0 saturated carbocycles. The van der Waals surface area contributed by atoms with Crippen molar-refractivity contribution in [2.24, 2.45) is 0 Å². The molecule has 14 heavy (non-hydrogen) atoms. The van der Waals surface area contributed by atoms with Crippen LogP contribution in [0.3, 0.4) is 0 Å². The average Bonchev–Trinajstić information content (AvgIpc) is 2.20. The van der Waals surface area contributed by atoms with Crippen molar-refractivity contribution in [1.82, 2.24) is 10.2 Å². The van der Waals surface area contributed by atoms with Gasteiger partial charge in [0.2, 0.25) is 0 Å². The van der Waals surface area contributed by atoms with Crippen molar-refractivity contribution in [2.75, 3.05) is 6.61 Å². The summed E-state index contributed by atoms with van der Waals surface area (Å²) in [6.07, 6.45) is 1.60. The number of nitriles is 1. The average molecular weight is 189 g/mol. The Labute approximate surface area is 82.8 Å². The van der Waals surface area contributed by atoms with Crippen LogP contribution in [-0.4, -0.2) is 16.8 Å². The molecule has 0 spiro atoms. The molecule has 1 rings (SSSR count). The Morgan fingerprint density at radius 2 is 2.21 bits per heavy atom. The summed E-state index contributed by atoms with van der Waals surface area (Å²) in [5.74, 6) is 0.274. The van der Waals surface area contributed by atoms with Crippen molar-refractivity contribution in [3.63, 3.8) is 0 Å². The first-order valence-corrected chi connectivity index (χ1v) is 4.18. The molecule has 4 nitrogen and oxygen atoms in total. The van der Waals surface area contributed by atoms with Crippen molar-refractivity contribution in [1.29, 1.82) is 5.26 Å². The van der Waals surface area contributed by atoms with Gasteiger partial charge in [-0.05, 0) is 19.4 Å². The quantitative estimate of drug-likeness (QED) is 0.676. The van der Waals surface area contributed by atoms with Crippen LogP contribution in [-0.2, 0) is 0 Å². The summed E-state index contributed by atoms with van der Waals surface area (Å²) in [6.45, 7) is 7.47. The zero-order valence-electron chi connectivity index (χ0n) is 8.24. The molecule has 0 radical (unpaired) electrons. The van der Waals surface area contributed by atoms with Gasteiger partial charge >= 0.3 is 0 Å². The third-order valence-corrected chi connectivity index (χ3v) is 1.87. The lowest BCUT2D eigenvalue weighted by Crippen LogP contribution is -2.03. The van der Waals surface area contributed by atoms with E-state index >= 15 is 0 Å². The van der Waals surface area contributed by atoms with E-state index in [0.717, 1.165) is 11.3 Å². The lowest BCUT2D eigenvalue weighted by molar-refractivity contribution is 0.342. The predicted octanol–water partition coefficient (Wildman–Crippen LogP) is 1.53. The van der Waals surface area contributed by atoms with Crippen molar-refractivity contribution in [3.05, 3.63) is 29.5 Å². The highest BCUT2D eigenvalue weighted by Gasteiger charge is 2.10. The van der Waals surface area contributed by atoms with Gasteiger partial charge in [-0.3, -0.25) is 0 Å². The zero-order chi connectivity index (χ0) is 10.6. The largest absolute Gasteiger partial charge is 0.471 e. The van der Waals surface area contributed by atoms with E-state index in [1.54, 1.807) is 13.0 Å². The molecule has 0 N–H and O–H groups in total. The zero-order valence-corrected chi connectivity index (χ0v) is 8.24. The van der Waals surface area contributed by atoms with E-state index in [1.807, 2.05) is 6.92 Å². The van der Waals surface area contributed by atoms with Gasteiger partial charge in [0.15, 0.2) is 0 Å². The second-order valence-electron chi connectivity index (χ2n) is 2.80. The molecule has 0 aromatic carbocycles. The highest BCUT2D eigenvalue weighted by molar-refractivity contribution is 5.44. The van der Waals surface area contributed by atoms with E-state index in [-0.39, 0.29) is 5.88 Å². The van der Waals surface area contributed by atoms with Gasteiger partial charge in [-0.1, -0.05) is 12.7 Å². The van der Waals surface area contributed by atoms with Crippen LogP contribution < -0.4 is 4.74 Å². The number of rotatable bonds is 3. The van der Waals surface area contributed by atoms with Gasteiger partial charge in [0.05, 0.1) is 5.69 Å². The molecule has 0 aliphatic heterocycles. The lowest BCUT2D eigenvalue weighted by atomic mass is 10.1. The molecule has 0 unspecified atom stereocenters. The number of nitrogens with zero attached hydrogens (tertiary/aromatic N) is 3. The maximum Gasteiger partial charge on any atom is 0.252 e. The molecule has 1 heterocycles. The van der Waals surface area contributed by atoms with Crippen LogP contribution in [0.25, 0.3) is 0 Å². The summed E-state index contributed by atoms with van der Waals surface area (Å²) < 4.78 is 5.20. The molecular formula is C10H11N3O. The maximum absolute atomic E-state index is 8.90. The van der Waals surface area contributed by atoms with Gasteiger partial charge in [0.25, 0.3) is 5.88 Å². The number of aryl methyl sites for hydroxylation is 1. The van der Waals surface area contributed by atoms with E-state index in [2.05, 4.69) is 22.8 Å². The second-order valence-corrected chi connectivity index (χ2v) is 2.80. The summed E-state index contributed by atoms with van der Waals surface area (Å²) >= 11 is 0. The third kappa shape index (κ3) is 1.88. The molecular weight excluding hydrogens is 178 g/mol. The lowest BCUT2D eigenvalue weighted by Gasteiger charge is -2.06. The summed E-state index contributed by atoms with van der Waals surface area (Å²) in [4.78, 5) is 0. The normalized spacial score (nSPS) is 9.21. The summed E-state index contributed by atoms with van der Waals surface area (Å²) in [5.41, 5.74) is 1.99. The molecule has 0 aliphatic rings. The van der Waals surface area contributed by atoms with E-state index in [9.17, 15) is 0 Å². The van der Waals surface area contributed by atoms with Gasteiger partial charge in [-0.15, -0.1) is 5.10 Å². The van der Waals surface area contributed by atoms with Crippen LogP contribution in [0.4, 0.5) is 0 Å². The van der Waals surface area contributed by atoms with Gasteiger partial charge in [-0.2, -0.15) is 10.4 Å². The van der Waals surface area contributed by atoms with Crippen LogP contribution in [0.2, 0.25) is 0 Å². The van der Waals surface area contributed by atoms with Crippen LogP contribution in [0.5, 0.6) is 5.88 Å². The maximum atomic E-state index is 8.90. The van der Waals surface area contributed by atoms with Gasteiger partial charge < -0.3 is 4.74 Å². The van der Waals surface area contributed by atoms with Crippen LogP contribution in [0.1, 0.15) is 16.8 Å². The topological polar surface area (TPSA) is 58.8 Å². The molecule has 72 valence electrons. The Bertz CT molecular complexity index is 393. The molecule has 4 heteroatoms. The Morgan fingerprint density at radius 3 is 2.79 bits per heavy atom. The number of hydrogen-bond acceptors (Lipinski definition) is 4. The smallest absolute Gasteiger partial charge is 0.252 e. The molecule has 0 amide bonds.